The number of anilines is 1. The fourth-order valence-electron chi connectivity index (χ4n) is 5.78. The van der Waals surface area contributed by atoms with Crippen molar-refractivity contribution in [3.8, 4) is 0 Å². The fraction of sp³-hybridized carbons (Fsp3) is 0.417. The van der Waals surface area contributed by atoms with Crippen molar-refractivity contribution in [3.63, 3.8) is 0 Å². The molecule has 1 spiro atoms. The maximum Gasteiger partial charge on any atom is 0.252 e. The molecule has 2 amide bonds. The van der Waals surface area contributed by atoms with E-state index in [1.807, 2.05) is 49.5 Å². The quantitative estimate of drug-likeness (QED) is 0.878. The standard InChI is InChI=1S/C24H27N3O2/c1-16-8-3-4-9-17(16)15-25-22(28)20-14-18-10-7-13-27(18)24(20)19-11-5-6-12-21(19)26(2)23(24)29/h3-6,8-9,11-12,18,20H,7,10,13-15H2,1-2H3,(H,25,28). The molecule has 0 bridgehead atoms. The molecule has 3 aliphatic rings. The number of hydrogen-bond acceptors (Lipinski definition) is 3. The first-order chi connectivity index (χ1) is 14.0. The number of benzene rings is 2. The Kier molecular flexibility index (Phi) is 4.24. The molecule has 5 heteroatoms. The zero-order valence-electron chi connectivity index (χ0n) is 17.0. The summed E-state index contributed by atoms with van der Waals surface area (Å²) in [4.78, 5) is 31.2. The predicted octanol–water partition coefficient (Wildman–Crippen LogP) is 2.97. The van der Waals surface area contributed by atoms with E-state index in [9.17, 15) is 9.59 Å². The van der Waals surface area contributed by atoms with E-state index >= 15 is 0 Å². The molecule has 1 N–H and O–H groups in total. The monoisotopic (exact) mass is 389 g/mol. The van der Waals surface area contributed by atoms with Crippen molar-refractivity contribution >= 4 is 17.5 Å². The molecule has 150 valence electrons. The minimum atomic E-state index is -0.859. The minimum absolute atomic E-state index is 0.0129. The molecule has 3 unspecified atom stereocenters. The third-order valence-electron chi connectivity index (χ3n) is 7.18. The number of fused-ring (bicyclic) bond motifs is 4. The van der Waals surface area contributed by atoms with E-state index in [1.165, 1.54) is 0 Å². The highest BCUT2D eigenvalue weighted by molar-refractivity contribution is 6.10. The number of rotatable bonds is 3. The number of aryl methyl sites for hydroxylation is 1. The first-order valence-electron chi connectivity index (χ1n) is 10.5. The predicted molar refractivity (Wildman–Crippen MR) is 112 cm³/mol. The highest BCUT2D eigenvalue weighted by Crippen LogP contribution is 2.56. The van der Waals surface area contributed by atoms with E-state index in [1.54, 1.807) is 4.90 Å². The lowest BCUT2D eigenvalue weighted by molar-refractivity contribution is -0.138. The van der Waals surface area contributed by atoms with Crippen LogP contribution in [0.1, 0.15) is 36.0 Å². The van der Waals surface area contributed by atoms with Gasteiger partial charge < -0.3 is 10.2 Å². The van der Waals surface area contributed by atoms with Crippen LogP contribution in [0.3, 0.4) is 0 Å². The fourth-order valence-corrected chi connectivity index (χ4v) is 5.78. The van der Waals surface area contributed by atoms with Gasteiger partial charge in [0.15, 0.2) is 0 Å². The van der Waals surface area contributed by atoms with Gasteiger partial charge in [0, 0.05) is 30.9 Å². The van der Waals surface area contributed by atoms with Gasteiger partial charge in [0.05, 0.1) is 5.92 Å². The summed E-state index contributed by atoms with van der Waals surface area (Å²) in [6, 6.07) is 16.4. The largest absolute Gasteiger partial charge is 0.352 e. The normalized spacial score (nSPS) is 28.1. The summed E-state index contributed by atoms with van der Waals surface area (Å²) >= 11 is 0. The van der Waals surface area contributed by atoms with Gasteiger partial charge in [-0.25, -0.2) is 0 Å². The number of carbonyl (C=O) groups is 2. The number of amides is 2. The van der Waals surface area contributed by atoms with E-state index in [0.717, 1.165) is 48.2 Å². The lowest BCUT2D eigenvalue weighted by Crippen LogP contribution is -2.55. The van der Waals surface area contributed by atoms with Crippen LogP contribution in [0.4, 0.5) is 5.69 Å². The van der Waals surface area contributed by atoms with Crippen molar-refractivity contribution in [2.24, 2.45) is 5.92 Å². The summed E-state index contributed by atoms with van der Waals surface area (Å²) in [6.07, 6.45) is 2.89. The Bertz CT molecular complexity index is 988. The van der Waals surface area contributed by atoms with Gasteiger partial charge in [-0.15, -0.1) is 0 Å². The number of likely N-dealkylation sites (N-methyl/N-ethyl adjacent to an activating group) is 1. The molecule has 3 aliphatic heterocycles. The molecule has 5 rings (SSSR count). The molecular formula is C24H27N3O2. The van der Waals surface area contributed by atoms with Crippen LogP contribution in [0.15, 0.2) is 48.5 Å². The molecule has 29 heavy (non-hydrogen) atoms. The second kappa shape index (κ2) is 6.70. The molecule has 3 heterocycles. The number of carbonyl (C=O) groups excluding carboxylic acids is 2. The summed E-state index contributed by atoms with van der Waals surface area (Å²) in [5, 5.41) is 3.15. The van der Waals surface area contributed by atoms with Crippen LogP contribution in [0.25, 0.3) is 0 Å². The van der Waals surface area contributed by atoms with Gasteiger partial charge in [-0.3, -0.25) is 14.5 Å². The maximum atomic E-state index is 13.7. The van der Waals surface area contributed by atoms with Gasteiger partial charge in [0.2, 0.25) is 5.91 Å². The molecule has 0 aliphatic carbocycles. The second-order valence-electron chi connectivity index (χ2n) is 8.57. The third kappa shape index (κ3) is 2.50. The van der Waals surface area contributed by atoms with E-state index in [4.69, 9.17) is 0 Å². The third-order valence-corrected chi connectivity index (χ3v) is 7.18. The van der Waals surface area contributed by atoms with Crippen molar-refractivity contribution in [1.82, 2.24) is 10.2 Å². The van der Waals surface area contributed by atoms with E-state index in [-0.39, 0.29) is 17.7 Å². The lowest BCUT2D eigenvalue weighted by atomic mass is 9.78. The SMILES string of the molecule is Cc1ccccc1CNC(=O)C1CC2CCCN2C12C(=O)N(C)c1ccccc12. The summed E-state index contributed by atoms with van der Waals surface area (Å²) < 4.78 is 0. The topological polar surface area (TPSA) is 52.7 Å². The highest BCUT2D eigenvalue weighted by Gasteiger charge is 2.66. The number of nitrogens with zero attached hydrogens (tertiary/aromatic N) is 2. The number of hydrogen-bond donors (Lipinski definition) is 1. The van der Waals surface area contributed by atoms with Crippen LogP contribution in [0.2, 0.25) is 0 Å². The molecule has 2 fully saturated rings. The van der Waals surface area contributed by atoms with Crippen molar-refractivity contribution in [3.05, 3.63) is 65.2 Å². The molecular weight excluding hydrogens is 362 g/mol. The zero-order valence-corrected chi connectivity index (χ0v) is 17.0. The molecule has 0 aromatic heterocycles. The van der Waals surface area contributed by atoms with E-state index < -0.39 is 5.54 Å². The van der Waals surface area contributed by atoms with Gasteiger partial charge in [-0.2, -0.15) is 0 Å². The molecule has 2 aromatic carbocycles. The van der Waals surface area contributed by atoms with Gasteiger partial charge in [0.25, 0.3) is 5.91 Å². The van der Waals surface area contributed by atoms with Gasteiger partial charge in [0.1, 0.15) is 5.54 Å². The Morgan fingerprint density at radius 3 is 2.76 bits per heavy atom. The van der Waals surface area contributed by atoms with E-state index in [0.29, 0.717) is 12.6 Å². The molecule has 2 saturated heterocycles. The van der Waals surface area contributed by atoms with Crippen molar-refractivity contribution < 1.29 is 9.59 Å². The van der Waals surface area contributed by atoms with Crippen LogP contribution in [0, 0.1) is 12.8 Å². The van der Waals surface area contributed by atoms with Crippen LogP contribution >= 0.6 is 0 Å². The Morgan fingerprint density at radius 1 is 1.17 bits per heavy atom. The van der Waals surface area contributed by atoms with Gasteiger partial charge in [-0.1, -0.05) is 42.5 Å². The van der Waals surface area contributed by atoms with Crippen LogP contribution in [-0.4, -0.2) is 36.3 Å². The lowest BCUT2D eigenvalue weighted by Gasteiger charge is -2.37. The van der Waals surface area contributed by atoms with Crippen LogP contribution in [0.5, 0.6) is 0 Å². The highest BCUT2D eigenvalue weighted by atomic mass is 16.2. The Hall–Kier alpha value is -2.66. The number of nitrogens with one attached hydrogen (secondary N) is 1. The summed E-state index contributed by atoms with van der Waals surface area (Å²) in [5.74, 6) is -0.337. The zero-order chi connectivity index (χ0) is 20.2. The Morgan fingerprint density at radius 2 is 1.93 bits per heavy atom. The van der Waals surface area contributed by atoms with Gasteiger partial charge >= 0.3 is 0 Å². The average Bonchev–Trinajstić information content (AvgIpc) is 3.37. The van der Waals surface area contributed by atoms with Crippen molar-refractivity contribution in [2.75, 3.05) is 18.5 Å². The molecule has 5 nitrogen and oxygen atoms in total. The summed E-state index contributed by atoms with van der Waals surface area (Å²) in [5.41, 5.74) is 3.34. The minimum Gasteiger partial charge on any atom is -0.352 e. The van der Waals surface area contributed by atoms with Gasteiger partial charge in [-0.05, 0) is 49.9 Å². The Balaban J connectivity index is 1.52. The first kappa shape index (κ1) is 18.4. The smallest absolute Gasteiger partial charge is 0.252 e. The van der Waals surface area contributed by atoms with Crippen LogP contribution < -0.4 is 10.2 Å². The molecule has 3 atom stereocenters. The van der Waals surface area contributed by atoms with Crippen LogP contribution in [-0.2, 0) is 21.7 Å². The first-order valence-corrected chi connectivity index (χ1v) is 10.5. The second-order valence-corrected chi connectivity index (χ2v) is 8.57. The van der Waals surface area contributed by atoms with Crippen molar-refractivity contribution in [2.45, 2.75) is 44.3 Å². The summed E-state index contributed by atoms with van der Waals surface area (Å²) in [7, 11) is 1.83. The van der Waals surface area contributed by atoms with Crippen molar-refractivity contribution in [1.29, 1.82) is 0 Å². The Labute approximate surface area is 171 Å². The average molecular weight is 389 g/mol. The van der Waals surface area contributed by atoms with E-state index in [2.05, 4.69) is 23.2 Å². The molecule has 0 radical (unpaired) electrons. The molecule has 2 aromatic rings. The number of para-hydroxylation sites is 1. The maximum absolute atomic E-state index is 13.7. The molecule has 0 saturated carbocycles. The summed E-state index contributed by atoms with van der Waals surface area (Å²) in [6.45, 7) is 3.43.